The van der Waals surface area contributed by atoms with Crippen molar-refractivity contribution in [1.82, 2.24) is 15.5 Å². The van der Waals surface area contributed by atoms with Crippen molar-refractivity contribution in [3.63, 3.8) is 0 Å². The highest BCUT2D eigenvalue weighted by molar-refractivity contribution is 5.87. The molecule has 1 aliphatic rings. The van der Waals surface area contributed by atoms with Gasteiger partial charge in [0.2, 0.25) is 17.7 Å². The van der Waals surface area contributed by atoms with Crippen LogP contribution in [0.3, 0.4) is 0 Å². The van der Waals surface area contributed by atoms with Crippen LogP contribution in [0.25, 0.3) is 0 Å². The molecule has 8 nitrogen and oxygen atoms in total. The van der Waals surface area contributed by atoms with Gasteiger partial charge in [0.1, 0.15) is 6.54 Å². The molecule has 0 saturated carbocycles. The highest BCUT2D eigenvalue weighted by atomic mass is 16.4. The maximum absolute atomic E-state index is 11.8. The lowest BCUT2D eigenvalue weighted by atomic mass is 9.96. The van der Waals surface area contributed by atoms with Crippen LogP contribution in [-0.2, 0) is 19.2 Å². The van der Waals surface area contributed by atoms with Crippen molar-refractivity contribution in [3.05, 3.63) is 0 Å². The number of rotatable bonds is 5. The number of aliphatic carboxylic acids is 1. The van der Waals surface area contributed by atoms with Crippen LogP contribution in [0.4, 0.5) is 0 Å². The maximum Gasteiger partial charge on any atom is 0.322 e. The van der Waals surface area contributed by atoms with E-state index in [0.29, 0.717) is 25.9 Å². The summed E-state index contributed by atoms with van der Waals surface area (Å²) in [4.78, 5) is 46.1. The Bertz CT molecular complexity index is 402. The molecule has 0 aromatic heterocycles. The van der Waals surface area contributed by atoms with E-state index < -0.39 is 18.4 Å². The zero-order chi connectivity index (χ0) is 15.1. The minimum absolute atomic E-state index is 0.00286. The lowest BCUT2D eigenvalue weighted by molar-refractivity contribution is -0.138. The van der Waals surface area contributed by atoms with Crippen molar-refractivity contribution in [1.29, 1.82) is 0 Å². The fourth-order valence-corrected chi connectivity index (χ4v) is 2.00. The molecular weight excluding hydrogens is 266 g/mol. The number of likely N-dealkylation sites (tertiary alicyclic amines) is 1. The Balaban J connectivity index is 2.25. The molecule has 0 atom stereocenters. The summed E-state index contributed by atoms with van der Waals surface area (Å²) in [5, 5.41) is 13.0. The summed E-state index contributed by atoms with van der Waals surface area (Å²) in [7, 11) is 0. The molecule has 0 aliphatic carbocycles. The Morgan fingerprint density at radius 3 is 2.20 bits per heavy atom. The van der Waals surface area contributed by atoms with E-state index in [0.717, 1.165) is 0 Å². The Labute approximate surface area is 116 Å². The third kappa shape index (κ3) is 5.25. The fraction of sp³-hybridized carbons (Fsp3) is 0.667. The van der Waals surface area contributed by atoms with Gasteiger partial charge in [-0.25, -0.2) is 0 Å². The topological polar surface area (TPSA) is 116 Å². The molecule has 0 radical (unpaired) electrons. The largest absolute Gasteiger partial charge is 0.480 e. The molecule has 3 N–H and O–H groups in total. The van der Waals surface area contributed by atoms with Gasteiger partial charge in [-0.1, -0.05) is 0 Å². The second kappa shape index (κ2) is 7.46. The van der Waals surface area contributed by atoms with Gasteiger partial charge in [0.05, 0.1) is 6.54 Å². The predicted octanol–water partition coefficient (Wildman–Crippen LogP) is -1.44. The van der Waals surface area contributed by atoms with E-state index in [4.69, 9.17) is 5.11 Å². The molecule has 1 aliphatic heterocycles. The molecule has 0 unspecified atom stereocenters. The van der Waals surface area contributed by atoms with E-state index in [-0.39, 0.29) is 24.3 Å². The number of carbonyl (C=O) groups is 4. The molecule has 1 fully saturated rings. The van der Waals surface area contributed by atoms with E-state index in [1.54, 1.807) is 4.90 Å². The molecule has 1 heterocycles. The number of carboxylic acid groups (broad SMARTS) is 1. The van der Waals surface area contributed by atoms with E-state index in [1.807, 2.05) is 0 Å². The van der Waals surface area contributed by atoms with Crippen molar-refractivity contribution >= 4 is 23.7 Å². The Morgan fingerprint density at radius 2 is 1.70 bits per heavy atom. The number of carboxylic acids is 1. The normalized spacial score (nSPS) is 15.6. The van der Waals surface area contributed by atoms with Crippen LogP contribution >= 0.6 is 0 Å². The van der Waals surface area contributed by atoms with E-state index in [2.05, 4.69) is 10.6 Å². The smallest absolute Gasteiger partial charge is 0.322 e. The molecule has 3 amide bonds. The average Bonchev–Trinajstić information content (AvgIpc) is 2.42. The summed E-state index contributed by atoms with van der Waals surface area (Å²) >= 11 is 0. The summed E-state index contributed by atoms with van der Waals surface area (Å²) in [5.41, 5.74) is 0. The highest BCUT2D eigenvalue weighted by Gasteiger charge is 2.26. The Morgan fingerprint density at radius 1 is 1.10 bits per heavy atom. The van der Waals surface area contributed by atoms with Gasteiger partial charge < -0.3 is 20.6 Å². The number of nitrogens with zero attached hydrogens (tertiary/aromatic N) is 1. The van der Waals surface area contributed by atoms with E-state index >= 15 is 0 Å². The van der Waals surface area contributed by atoms with Crippen molar-refractivity contribution < 1.29 is 24.3 Å². The number of amides is 3. The van der Waals surface area contributed by atoms with Gasteiger partial charge >= 0.3 is 5.97 Å². The zero-order valence-electron chi connectivity index (χ0n) is 11.3. The Hall–Kier alpha value is -2.12. The SMILES string of the molecule is CC(=O)N1CCC(C(=O)NCC(=O)NCC(=O)O)CC1. The van der Waals surface area contributed by atoms with Crippen molar-refractivity contribution in [2.45, 2.75) is 19.8 Å². The number of piperidine rings is 1. The maximum atomic E-state index is 11.8. The molecule has 0 spiro atoms. The van der Waals surface area contributed by atoms with Crippen LogP contribution in [0.1, 0.15) is 19.8 Å². The Kier molecular flexibility index (Phi) is 5.95. The lowest BCUT2D eigenvalue weighted by Crippen LogP contribution is -2.45. The van der Waals surface area contributed by atoms with Gasteiger partial charge in [-0.15, -0.1) is 0 Å². The minimum atomic E-state index is -1.14. The highest BCUT2D eigenvalue weighted by Crippen LogP contribution is 2.17. The van der Waals surface area contributed by atoms with Gasteiger partial charge in [-0.05, 0) is 12.8 Å². The van der Waals surface area contributed by atoms with Crippen LogP contribution in [0.2, 0.25) is 0 Å². The third-order valence-corrected chi connectivity index (χ3v) is 3.17. The number of hydrogen-bond donors (Lipinski definition) is 3. The van der Waals surface area contributed by atoms with Crippen LogP contribution in [-0.4, -0.2) is 59.9 Å². The minimum Gasteiger partial charge on any atom is -0.480 e. The van der Waals surface area contributed by atoms with E-state index in [1.165, 1.54) is 6.92 Å². The summed E-state index contributed by atoms with van der Waals surface area (Å²) in [6.07, 6.45) is 1.14. The standard InChI is InChI=1S/C12H19N3O5/c1-8(16)15-4-2-9(3-5-15)12(20)14-6-10(17)13-7-11(18)19/h9H,2-7H2,1H3,(H,13,17)(H,14,20)(H,18,19). The van der Waals surface area contributed by atoms with Gasteiger partial charge in [0.15, 0.2) is 0 Å². The van der Waals surface area contributed by atoms with Gasteiger partial charge in [0.25, 0.3) is 0 Å². The quantitative estimate of drug-likeness (QED) is 0.572. The first-order chi connectivity index (χ1) is 9.40. The average molecular weight is 285 g/mol. The molecule has 0 bridgehead atoms. The molecular formula is C12H19N3O5. The van der Waals surface area contributed by atoms with E-state index in [9.17, 15) is 19.2 Å². The first-order valence-corrected chi connectivity index (χ1v) is 6.42. The molecule has 112 valence electrons. The van der Waals surface area contributed by atoms with Crippen LogP contribution in [0.5, 0.6) is 0 Å². The molecule has 20 heavy (non-hydrogen) atoms. The molecule has 0 aromatic rings. The third-order valence-electron chi connectivity index (χ3n) is 3.17. The van der Waals surface area contributed by atoms with Crippen molar-refractivity contribution in [3.8, 4) is 0 Å². The first-order valence-electron chi connectivity index (χ1n) is 6.42. The lowest BCUT2D eigenvalue weighted by Gasteiger charge is -2.30. The summed E-state index contributed by atoms with van der Waals surface area (Å²) in [5.74, 6) is -2.13. The van der Waals surface area contributed by atoms with Gasteiger partial charge in [-0.2, -0.15) is 0 Å². The summed E-state index contributed by atoms with van der Waals surface area (Å²) < 4.78 is 0. The van der Waals surface area contributed by atoms with Crippen LogP contribution < -0.4 is 10.6 Å². The number of nitrogens with one attached hydrogen (secondary N) is 2. The van der Waals surface area contributed by atoms with Crippen LogP contribution in [0, 0.1) is 5.92 Å². The number of carbonyl (C=O) groups excluding carboxylic acids is 3. The van der Waals surface area contributed by atoms with Crippen molar-refractivity contribution in [2.75, 3.05) is 26.2 Å². The predicted molar refractivity (Wildman–Crippen MR) is 68.6 cm³/mol. The molecule has 1 rings (SSSR count). The number of hydrogen-bond acceptors (Lipinski definition) is 4. The van der Waals surface area contributed by atoms with Gasteiger partial charge in [-0.3, -0.25) is 19.2 Å². The first kappa shape index (κ1) is 15.9. The zero-order valence-corrected chi connectivity index (χ0v) is 11.3. The van der Waals surface area contributed by atoms with Gasteiger partial charge in [0, 0.05) is 25.9 Å². The summed E-state index contributed by atoms with van der Waals surface area (Å²) in [6, 6.07) is 0. The molecule has 0 aromatic carbocycles. The second-order valence-corrected chi connectivity index (χ2v) is 4.67. The van der Waals surface area contributed by atoms with Crippen molar-refractivity contribution in [2.24, 2.45) is 5.92 Å². The monoisotopic (exact) mass is 285 g/mol. The molecule has 8 heteroatoms. The van der Waals surface area contributed by atoms with Crippen LogP contribution in [0.15, 0.2) is 0 Å². The molecule has 1 saturated heterocycles. The summed E-state index contributed by atoms with van der Waals surface area (Å²) in [6.45, 7) is 1.87. The fourth-order valence-electron chi connectivity index (χ4n) is 2.00. The second-order valence-electron chi connectivity index (χ2n) is 4.67.